The van der Waals surface area contributed by atoms with E-state index >= 15 is 0 Å². The highest BCUT2D eigenvalue weighted by molar-refractivity contribution is 6.31. The van der Waals surface area contributed by atoms with Crippen LogP contribution in [-0.2, 0) is 6.54 Å². The van der Waals surface area contributed by atoms with Crippen LogP contribution in [0, 0.1) is 11.3 Å². The summed E-state index contributed by atoms with van der Waals surface area (Å²) in [4.78, 5) is 4.09. The van der Waals surface area contributed by atoms with E-state index in [-0.39, 0.29) is 5.69 Å². The number of pyridine rings is 1. The molecule has 0 aliphatic carbocycles. The van der Waals surface area contributed by atoms with E-state index < -0.39 is 0 Å². The first kappa shape index (κ1) is 12.7. The molecule has 2 rings (SSSR count). The zero-order valence-electron chi connectivity index (χ0n) is 9.32. The smallest absolute Gasteiger partial charge is 0.161 e. The Morgan fingerprint density at radius 2 is 1.83 bits per heavy atom. The summed E-state index contributed by atoms with van der Waals surface area (Å²) in [5.41, 5.74) is 1.30. The molecule has 18 heavy (non-hydrogen) atoms. The maximum absolute atomic E-state index is 8.82. The molecule has 90 valence electrons. The fourth-order valence-electron chi connectivity index (χ4n) is 1.41. The number of anilines is 1. The average Bonchev–Trinajstić information content (AvgIpc) is 2.39. The number of nitriles is 1. The van der Waals surface area contributed by atoms with Gasteiger partial charge in [0.2, 0.25) is 0 Å². The Bertz CT molecular complexity index is 588. The van der Waals surface area contributed by atoms with Crippen LogP contribution >= 0.6 is 23.2 Å². The van der Waals surface area contributed by atoms with Gasteiger partial charge in [-0.05, 0) is 29.8 Å². The van der Waals surface area contributed by atoms with Crippen LogP contribution in [-0.4, -0.2) is 4.98 Å². The number of nitrogens with one attached hydrogen (secondary N) is 1. The van der Waals surface area contributed by atoms with Crippen LogP contribution in [0.1, 0.15) is 11.3 Å². The van der Waals surface area contributed by atoms with E-state index in [1.807, 2.05) is 30.3 Å². The van der Waals surface area contributed by atoms with Crippen molar-refractivity contribution in [3.05, 3.63) is 57.7 Å². The zero-order chi connectivity index (χ0) is 13.0. The monoisotopic (exact) mass is 277 g/mol. The molecule has 0 fully saturated rings. The van der Waals surface area contributed by atoms with Crippen molar-refractivity contribution in [2.45, 2.75) is 6.54 Å². The second kappa shape index (κ2) is 5.72. The molecule has 3 nitrogen and oxygen atoms in total. The van der Waals surface area contributed by atoms with E-state index in [0.29, 0.717) is 22.4 Å². The molecule has 0 unspecified atom stereocenters. The summed E-state index contributed by atoms with van der Waals surface area (Å²) in [6.45, 7) is 0.608. The summed E-state index contributed by atoms with van der Waals surface area (Å²) in [6, 6.07) is 12.8. The van der Waals surface area contributed by atoms with Gasteiger partial charge in [0, 0.05) is 11.6 Å². The quantitative estimate of drug-likeness (QED) is 0.927. The van der Waals surface area contributed by atoms with E-state index in [0.717, 1.165) is 5.56 Å². The Balaban J connectivity index is 2.06. The maximum atomic E-state index is 8.82. The minimum Gasteiger partial charge on any atom is -0.366 e. The highest BCUT2D eigenvalue weighted by Gasteiger charge is 2.02. The third-order valence-corrected chi connectivity index (χ3v) is 2.90. The topological polar surface area (TPSA) is 48.7 Å². The molecule has 0 bridgehead atoms. The molecule has 2 aromatic rings. The van der Waals surface area contributed by atoms with Crippen molar-refractivity contribution in [3.63, 3.8) is 0 Å². The first-order chi connectivity index (χ1) is 8.69. The Kier molecular flexibility index (Phi) is 4.03. The van der Waals surface area contributed by atoms with Crippen LogP contribution in [0.5, 0.6) is 0 Å². The molecule has 0 aliphatic heterocycles. The van der Waals surface area contributed by atoms with Gasteiger partial charge in [-0.15, -0.1) is 0 Å². The Morgan fingerprint density at radius 3 is 2.50 bits per heavy atom. The fraction of sp³-hybridized carbons (Fsp3) is 0.0769. The van der Waals surface area contributed by atoms with Crippen molar-refractivity contribution in [2.24, 2.45) is 0 Å². The standard InChI is InChI=1S/C13H9Cl2N3/c14-10-3-1-9(2-4-10)8-17-13-6-5-11(15)12(7-16)18-13/h1-6H,8H2,(H,17,18). The van der Waals surface area contributed by atoms with Gasteiger partial charge in [-0.2, -0.15) is 5.26 Å². The second-order valence-electron chi connectivity index (χ2n) is 3.62. The van der Waals surface area contributed by atoms with Crippen LogP contribution in [0.3, 0.4) is 0 Å². The number of hydrogen-bond donors (Lipinski definition) is 1. The van der Waals surface area contributed by atoms with Gasteiger partial charge < -0.3 is 5.32 Å². The van der Waals surface area contributed by atoms with E-state index in [1.165, 1.54) is 0 Å². The van der Waals surface area contributed by atoms with Gasteiger partial charge in [-0.1, -0.05) is 35.3 Å². The van der Waals surface area contributed by atoms with Crippen molar-refractivity contribution in [1.29, 1.82) is 5.26 Å². The minimum absolute atomic E-state index is 0.220. The Morgan fingerprint density at radius 1 is 1.11 bits per heavy atom. The van der Waals surface area contributed by atoms with Crippen molar-refractivity contribution in [1.82, 2.24) is 4.98 Å². The lowest BCUT2D eigenvalue weighted by Crippen LogP contribution is -2.02. The van der Waals surface area contributed by atoms with Crippen LogP contribution < -0.4 is 5.32 Å². The highest BCUT2D eigenvalue weighted by Crippen LogP contribution is 2.16. The van der Waals surface area contributed by atoms with Crippen LogP contribution in [0.25, 0.3) is 0 Å². The van der Waals surface area contributed by atoms with Crippen molar-refractivity contribution in [2.75, 3.05) is 5.32 Å². The van der Waals surface area contributed by atoms with Crippen molar-refractivity contribution >= 4 is 29.0 Å². The van der Waals surface area contributed by atoms with Gasteiger partial charge in [0.15, 0.2) is 5.69 Å². The molecule has 1 heterocycles. The second-order valence-corrected chi connectivity index (χ2v) is 4.46. The molecule has 0 aliphatic rings. The summed E-state index contributed by atoms with van der Waals surface area (Å²) in [7, 11) is 0. The summed E-state index contributed by atoms with van der Waals surface area (Å²) < 4.78 is 0. The molecule has 0 saturated carbocycles. The van der Waals surface area contributed by atoms with Crippen LogP contribution in [0.4, 0.5) is 5.82 Å². The predicted molar refractivity (Wildman–Crippen MR) is 72.7 cm³/mol. The summed E-state index contributed by atoms with van der Waals surface area (Å²) in [5.74, 6) is 0.617. The Hall–Kier alpha value is -1.76. The molecular weight excluding hydrogens is 269 g/mol. The fourth-order valence-corrected chi connectivity index (χ4v) is 1.69. The summed E-state index contributed by atoms with van der Waals surface area (Å²) in [5, 5.41) is 13.0. The van der Waals surface area contributed by atoms with Gasteiger partial charge in [0.05, 0.1) is 5.02 Å². The highest BCUT2D eigenvalue weighted by atomic mass is 35.5. The zero-order valence-corrected chi connectivity index (χ0v) is 10.8. The molecule has 1 aromatic heterocycles. The Labute approximate surface area is 115 Å². The molecule has 0 saturated heterocycles. The average molecular weight is 278 g/mol. The maximum Gasteiger partial charge on any atom is 0.161 e. The van der Waals surface area contributed by atoms with E-state index in [4.69, 9.17) is 28.5 Å². The normalized spacial score (nSPS) is 9.83. The molecular formula is C13H9Cl2N3. The number of halogens is 2. The van der Waals surface area contributed by atoms with Crippen molar-refractivity contribution in [3.8, 4) is 6.07 Å². The van der Waals surface area contributed by atoms with Gasteiger partial charge >= 0.3 is 0 Å². The molecule has 1 aromatic carbocycles. The number of hydrogen-bond acceptors (Lipinski definition) is 3. The first-order valence-electron chi connectivity index (χ1n) is 5.24. The number of benzene rings is 1. The molecule has 0 radical (unpaired) electrons. The van der Waals surface area contributed by atoms with Crippen molar-refractivity contribution < 1.29 is 0 Å². The number of nitrogens with zero attached hydrogens (tertiary/aromatic N) is 2. The molecule has 0 atom stereocenters. The van der Waals surface area contributed by atoms with Gasteiger partial charge in [0.1, 0.15) is 11.9 Å². The summed E-state index contributed by atoms with van der Waals surface area (Å²) >= 11 is 11.6. The van der Waals surface area contributed by atoms with E-state index in [1.54, 1.807) is 12.1 Å². The third kappa shape index (κ3) is 3.13. The minimum atomic E-state index is 0.220. The summed E-state index contributed by atoms with van der Waals surface area (Å²) in [6.07, 6.45) is 0. The van der Waals surface area contributed by atoms with E-state index in [2.05, 4.69) is 10.3 Å². The molecule has 0 amide bonds. The van der Waals surface area contributed by atoms with Crippen LogP contribution in [0.15, 0.2) is 36.4 Å². The predicted octanol–water partition coefficient (Wildman–Crippen LogP) is 3.87. The van der Waals surface area contributed by atoms with E-state index in [9.17, 15) is 0 Å². The van der Waals surface area contributed by atoms with Crippen LogP contribution in [0.2, 0.25) is 10.0 Å². The SMILES string of the molecule is N#Cc1nc(NCc2ccc(Cl)cc2)ccc1Cl. The molecule has 5 heteroatoms. The molecule has 0 spiro atoms. The molecule has 1 N–H and O–H groups in total. The van der Waals surface area contributed by atoms with Gasteiger partial charge in [-0.3, -0.25) is 0 Å². The third-order valence-electron chi connectivity index (χ3n) is 2.34. The van der Waals surface area contributed by atoms with Gasteiger partial charge in [-0.25, -0.2) is 4.98 Å². The lowest BCUT2D eigenvalue weighted by atomic mass is 10.2. The first-order valence-corrected chi connectivity index (χ1v) is 5.99. The lowest BCUT2D eigenvalue weighted by molar-refractivity contribution is 1.10. The van der Waals surface area contributed by atoms with Gasteiger partial charge in [0.25, 0.3) is 0 Å². The number of aromatic nitrogens is 1. The largest absolute Gasteiger partial charge is 0.366 e. The number of rotatable bonds is 3. The lowest BCUT2D eigenvalue weighted by Gasteiger charge is -2.06.